The minimum absolute atomic E-state index is 0.00700. The highest BCUT2D eigenvalue weighted by Gasteiger charge is 2.46. The zero-order valence-electron chi connectivity index (χ0n) is 14.3. The van der Waals surface area contributed by atoms with Crippen LogP contribution in [0, 0.1) is 11.8 Å². The molecule has 7 heteroatoms. The fraction of sp³-hybridized carbons (Fsp3) is 0.579. The topological polar surface area (TPSA) is 57.6 Å². The van der Waals surface area contributed by atoms with Gasteiger partial charge in [0.1, 0.15) is 0 Å². The van der Waals surface area contributed by atoms with Crippen molar-refractivity contribution in [3.8, 4) is 0 Å². The molecule has 2 fully saturated rings. The van der Waals surface area contributed by atoms with Crippen LogP contribution in [-0.2, 0) is 15.8 Å². The van der Waals surface area contributed by atoms with Crippen molar-refractivity contribution in [1.29, 1.82) is 0 Å². The molecule has 1 saturated heterocycles. The number of halogens is 3. The molecule has 1 saturated carbocycles. The lowest BCUT2D eigenvalue weighted by atomic mass is 9.93. The molecule has 3 rings (SSSR count). The van der Waals surface area contributed by atoms with Crippen molar-refractivity contribution in [2.45, 2.75) is 44.2 Å². The Bertz CT molecular complexity index is 689. The number of alkyl halides is 3. The molecule has 0 unspecified atom stereocenters. The summed E-state index contributed by atoms with van der Waals surface area (Å²) in [5.74, 6) is -1.05. The van der Waals surface area contributed by atoms with Crippen LogP contribution in [0.2, 0.25) is 0 Å². The van der Waals surface area contributed by atoms with E-state index in [1.165, 1.54) is 6.07 Å². The molecule has 0 bridgehead atoms. The summed E-state index contributed by atoms with van der Waals surface area (Å²) in [4.78, 5) is 25.2. The van der Waals surface area contributed by atoms with Crippen LogP contribution in [0.25, 0.3) is 0 Å². The summed E-state index contributed by atoms with van der Waals surface area (Å²) in [6, 6.07) is 5.23. The lowest BCUT2D eigenvalue weighted by Gasteiger charge is -2.33. The molecule has 1 heterocycles. The number of carboxylic acids is 1. The summed E-state index contributed by atoms with van der Waals surface area (Å²) < 4.78 is 38.6. The van der Waals surface area contributed by atoms with Gasteiger partial charge in [0.25, 0.3) is 0 Å². The van der Waals surface area contributed by atoms with E-state index >= 15 is 0 Å². The summed E-state index contributed by atoms with van der Waals surface area (Å²) in [6.45, 7) is 1.20. The number of aliphatic carboxylic acids is 1. The highest BCUT2D eigenvalue weighted by atomic mass is 19.4. The molecular weight excluding hydrogens is 347 g/mol. The van der Waals surface area contributed by atoms with Crippen molar-refractivity contribution >= 4 is 11.9 Å². The minimum Gasteiger partial charge on any atom is -0.481 e. The third-order valence-electron chi connectivity index (χ3n) is 5.35. The average molecular weight is 369 g/mol. The predicted octanol–water partition coefficient (Wildman–Crippen LogP) is 3.91. The van der Waals surface area contributed by atoms with E-state index in [1.54, 1.807) is 11.0 Å². The van der Waals surface area contributed by atoms with Crippen molar-refractivity contribution < 1.29 is 27.9 Å². The molecule has 0 radical (unpaired) electrons. The first kappa shape index (κ1) is 18.7. The zero-order chi connectivity index (χ0) is 18.9. The first-order chi connectivity index (χ1) is 12.3. The van der Waals surface area contributed by atoms with Gasteiger partial charge in [0.05, 0.1) is 5.56 Å². The second-order valence-corrected chi connectivity index (χ2v) is 7.30. The van der Waals surface area contributed by atoms with Gasteiger partial charge >= 0.3 is 12.1 Å². The van der Waals surface area contributed by atoms with E-state index < -0.39 is 17.7 Å². The number of carboxylic acid groups (broad SMARTS) is 1. The standard InChI is InChI=1S/C19H22F3NO3/c20-19(21,22)14-5-1-4-13(9-14)15-10-16(15)18(26)23-8-2-3-12(11-23)6-7-17(24)25/h1,4-5,9,12,15-16H,2-3,6-8,10-11H2,(H,24,25)/t12-,15+,16+/m0/s1. The van der Waals surface area contributed by atoms with Gasteiger partial charge in [-0.25, -0.2) is 0 Å². The number of hydrogen-bond acceptors (Lipinski definition) is 2. The number of piperidine rings is 1. The number of likely N-dealkylation sites (tertiary alicyclic amines) is 1. The maximum atomic E-state index is 12.9. The lowest BCUT2D eigenvalue weighted by molar-refractivity contribution is -0.138. The van der Waals surface area contributed by atoms with Crippen LogP contribution in [0.1, 0.15) is 49.1 Å². The van der Waals surface area contributed by atoms with Gasteiger partial charge in [-0.05, 0) is 49.1 Å². The number of rotatable bonds is 5. The van der Waals surface area contributed by atoms with Crippen molar-refractivity contribution in [2.75, 3.05) is 13.1 Å². The Kier molecular flexibility index (Phi) is 5.25. The van der Waals surface area contributed by atoms with Crippen LogP contribution in [0.3, 0.4) is 0 Å². The van der Waals surface area contributed by atoms with Crippen molar-refractivity contribution in [3.63, 3.8) is 0 Å². The summed E-state index contributed by atoms with van der Waals surface area (Å²) >= 11 is 0. The Hall–Kier alpha value is -2.05. The number of benzene rings is 1. The van der Waals surface area contributed by atoms with E-state index in [9.17, 15) is 22.8 Å². The molecule has 1 N–H and O–H groups in total. The maximum Gasteiger partial charge on any atom is 0.416 e. The molecule has 0 aromatic heterocycles. The van der Waals surface area contributed by atoms with Gasteiger partial charge in [0.2, 0.25) is 5.91 Å². The maximum absolute atomic E-state index is 12.9. The number of nitrogens with zero attached hydrogens (tertiary/aromatic N) is 1. The van der Waals surface area contributed by atoms with Gasteiger partial charge in [0.15, 0.2) is 0 Å². The third-order valence-corrected chi connectivity index (χ3v) is 5.35. The molecule has 0 spiro atoms. The SMILES string of the molecule is O=C(O)CC[C@@H]1CCCN(C(=O)[C@@H]2C[C@@H]2c2cccc(C(F)(F)F)c2)C1. The molecule has 1 aromatic rings. The van der Waals surface area contributed by atoms with E-state index in [4.69, 9.17) is 5.11 Å². The first-order valence-corrected chi connectivity index (χ1v) is 8.93. The Morgan fingerprint density at radius 2 is 2.04 bits per heavy atom. The zero-order valence-corrected chi connectivity index (χ0v) is 14.3. The van der Waals surface area contributed by atoms with Crippen LogP contribution in [-0.4, -0.2) is 35.0 Å². The van der Waals surface area contributed by atoms with E-state index in [2.05, 4.69) is 0 Å². The molecule has 1 amide bonds. The smallest absolute Gasteiger partial charge is 0.416 e. The van der Waals surface area contributed by atoms with E-state index in [0.717, 1.165) is 25.0 Å². The van der Waals surface area contributed by atoms with E-state index in [1.807, 2.05) is 0 Å². The molecule has 1 aromatic carbocycles. The van der Waals surface area contributed by atoms with Crippen molar-refractivity contribution in [1.82, 2.24) is 4.90 Å². The summed E-state index contributed by atoms with van der Waals surface area (Å²) in [6.07, 6.45) is -1.38. The molecule has 26 heavy (non-hydrogen) atoms. The first-order valence-electron chi connectivity index (χ1n) is 8.93. The predicted molar refractivity (Wildman–Crippen MR) is 88.5 cm³/mol. The van der Waals surface area contributed by atoms with E-state index in [0.29, 0.717) is 31.5 Å². The van der Waals surface area contributed by atoms with Gasteiger partial charge in [-0.3, -0.25) is 9.59 Å². The molecule has 3 atom stereocenters. The Labute approximate surface area is 150 Å². The fourth-order valence-corrected chi connectivity index (χ4v) is 3.84. The van der Waals surface area contributed by atoms with Gasteiger partial charge in [-0.15, -0.1) is 0 Å². The van der Waals surface area contributed by atoms with Crippen LogP contribution in [0.4, 0.5) is 13.2 Å². The number of amides is 1. The monoisotopic (exact) mass is 369 g/mol. The second-order valence-electron chi connectivity index (χ2n) is 7.30. The van der Waals surface area contributed by atoms with Crippen molar-refractivity contribution in [3.05, 3.63) is 35.4 Å². The second kappa shape index (κ2) is 7.29. The van der Waals surface area contributed by atoms with E-state index in [-0.39, 0.29) is 30.1 Å². The molecule has 142 valence electrons. The van der Waals surface area contributed by atoms with Gasteiger partial charge in [0, 0.05) is 25.4 Å². The molecule has 1 aliphatic carbocycles. The summed E-state index contributed by atoms with van der Waals surface area (Å²) in [5.41, 5.74) is -0.114. The lowest BCUT2D eigenvalue weighted by Crippen LogP contribution is -2.41. The molecule has 2 aliphatic rings. The van der Waals surface area contributed by atoms with Crippen LogP contribution < -0.4 is 0 Å². The van der Waals surface area contributed by atoms with Gasteiger partial charge in [-0.2, -0.15) is 13.2 Å². The number of carbonyl (C=O) groups is 2. The quantitative estimate of drug-likeness (QED) is 0.856. The largest absolute Gasteiger partial charge is 0.481 e. The van der Waals surface area contributed by atoms with Gasteiger partial charge < -0.3 is 10.0 Å². The molecule has 1 aliphatic heterocycles. The van der Waals surface area contributed by atoms with Crippen LogP contribution >= 0.6 is 0 Å². The van der Waals surface area contributed by atoms with Gasteiger partial charge in [-0.1, -0.05) is 18.2 Å². The van der Waals surface area contributed by atoms with Crippen LogP contribution in [0.5, 0.6) is 0 Å². The summed E-state index contributed by atoms with van der Waals surface area (Å²) in [5, 5.41) is 8.80. The Morgan fingerprint density at radius 3 is 2.73 bits per heavy atom. The summed E-state index contributed by atoms with van der Waals surface area (Å²) in [7, 11) is 0. The minimum atomic E-state index is -4.38. The van der Waals surface area contributed by atoms with Crippen molar-refractivity contribution in [2.24, 2.45) is 11.8 Å². The Balaban J connectivity index is 1.59. The average Bonchev–Trinajstić information content (AvgIpc) is 3.40. The fourth-order valence-electron chi connectivity index (χ4n) is 3.84. The van der Waals surface area contributed by atoms with Crippen LogP contribution in [0.15, 0.2) is 24.3 Å². The highest BCUT2D eigenvalue weighted by molar-refractivity contribution is 5.83. The molecule has 4 nitrogen and oxygen atoms in total. The normalized spacial score (nSPS) is 25.8. The molecular formula is C19H22F3NO3. The number of carbonyl (C=O) groups excluding carboxylic acids is 1. The third kappa shape index (κ3) is 4.37. The number of hydrogen-bond donors (Lipinski definition) is 1. The highest BCUT2D eigenvalue weighted by Crippen LogP contribution is 2.49. The Morgan fingerprint density at radius 1 is 1.27 bits per heavy atom.